The lowest BCUT2D eigenvalue weighted by Gasteiger charge is -2.16. The van der Waals surface area contributed by atoms with Crippen LogP contribution in [0, 0.1) is 0 Å². The summed E-state index contributed by atoms with van der Waals surface area (Å²) in [6, 6.07) is 56.4. The molecule has 0 atom stereocenters. The van der Waals surface area contributed by atoms with Gasteiger partial charge in [0, 0.05) is 42.1 Å². The van der Waals surface area contributed by atoms with Crippen LogP contribution in [0.15, 0.2) is 158 Å². The molecular formula is C47H26N4S. The zero-order valence-corrected chi connectivity index (χ0v) is 28.5. The molecule has 52 heavy (non-hydrogen) atoms. The van der Waals surface area contributed by atoms with E-state index < -0.39 is 0 Å². The number of para-hydroxylation sites is 1. The first-order chi connectivity index (χ1) is 25.8. The SMILES string of the molecule is c1ccc(-c2nc(-c3ccccc3)nc(-n3c4ccccc4c4c5cccc6c7cccc8c9c(cc(c(cc43)c65)c78)sc3ccccc39)n2)cc1. The first-order valence-corrected chi connectivity index (χ1v) is 18.4. The molecule has 0 aliphatic heterocycles. The lowest BCUT2D eigenvalue weighted by atomic mass is 9.87. The summed E-state index contributed by atoms with van der Waals surface area (Å²) >= 11 is 1.88. The van der Waals surface area contributed by atoms with Crippen LogP contribution >= 0.6 is 11.3 Å². The van der Waals surface area contributed by atoms with E-state index in [1.165, 1.54) is 74.0 Å². The van der Waals surface area contributed by atoms with E-state index >= 15 is 0 Å². The van der Waals surface area contributed by atoms with Crippen LogP contribution in [0.3, 0.4) is 0 Å². The molecule has 0 unspecified atom stereocenters. The first kappa shape index (κ1) is 28.1. The minimum Gasteiger partial charge on any atom is -0.278 e. The van der Waals surface area contributed by atoms with E-state index in [0.717, 1.165) is 22.2 Å². The Hall–Kier alpha value is -6.69. The van der Waals surface area contributed by atoms with Crippen molar-refractivity contribution >= 4 is 96.4 Å². The molecule has 0 amide bonds. The Labute approximate surface area is 301 Å². The molecule has 0 bridgehead atoms. The molecule has 0 aliphatic carbocycles. The number of rotatable bonds is 3. The van der Waals surface area contributed by atoms with Crippen LogP contribution in [0.5, 0.6) is 0 Å². The summed E-state index contributed by atoms with van der Waals surface area (Å²) in [5.74, 6) is 1.89. The number of thiophene rings is 1. The van der Waals surface area contributed by atoms with Gasteiger partial charge in [-0.2, -0.15) is 9.97 Å². The Morgan fingerprint density at radius 3 is 1.58 bits per heavy atom. The average Bonchev–Trinajstić information content (AvgIpc) is 3.76. The number of fused-ring (bicyclic) bond motifs is 10. The van der Waals surface area contributed by atoms with Crippen LogP contribution in [0.25, 0.3) is 114 Å². The maximum absolute atomic E-state index is 5.22. The fraction of sp³-hybridized carbons (Fsp3) is 0. The van der Waals surface area contributed by atoms with Crippen molar-refractivity contribution in [3.63, 3.8) is 0 Å². The van der Waals surface area contributed by atoms with Gasteiger partial charge in [0.2, 0.25) is 5.95 Å². The van der Waals surface area contributed by atoms with Gasteiger partial charge in [0.15, 0.2) is 11.6 Å². The van der Waals surface area contributed by atoms with Crippen LogP contribution in [-0.4, -0.2) is 19.5 Å². The van der Waals surface area contributed by atoms with Gasteiger partial charge in [0.1, 0.15) is 0 Å². The van der Waals surface area contributed by atoms with E-state index in [4.69, 9.17) is 15.0 Å². The summed E-state index contributed by atoms with van der Waals surface area (Å²) < 4.78 is 4.88. The van der Waals surface area contributed by atoms with Gasteiger partial charge in [-0.3, -0.25) is 4.57 Å². The predicted octanol–water partition coefficient (Wildman–Crippen LogP) is 12.7. The highest BCUT2D eigenvalue weighted by Crippen LogP contribution is 2.49. The molecule has 0 aliphatic rings. The van der Waals surface area contributed by atoms with Gasteiger partial charge in [0.25, 0.3) is 0 Å². The lowest BCUT2D eigenvalue weighted by molar-refractivity contribution is 0.954. The molecular weight excluding hydrogens is 653 g/mol. The lowest BCUT2D eigenvalue weighted by Crippen LogP contribution is -2.06. The molecule has 0 saturated heterocycles. The zero-order valence-electron chi connectivity index (χ0n) is 27.7. The molecule has 0 saturated carbocycles. The van der Waals surface area contributed by atoms with Gasteiger partial charge >= 0.3 is 0 Å². The molecule has 0 radical (unpaired) electrons. The second kappa shape index (κ2) is 10.4. The summed E-state index contributed by atoms with van der Waals surface area (Å²) in [5.41, 5.74) is 4.04. The van der Waals surface area contributed by atoms with Gasteiger partial charge in [-0.1, -0.05) is 133 Å². The summed E-state index contributed by atoms with van der Waals surface area (Å²) in [6.45, 7) is 0. The fourth-order valence-electron chi connectivity index (χ4n) is 8.62. The summed E-state index contributed by atoms with van der Waals surface area (Å²) in [5, 5.41) is 15.3. The van der Waals surface area contributed by atoms with Crippen molar-refractivity contribution in [2.24, 2.45) is 0 Å². The maximum atomic E-state index is 5.22. The van der Waals surface area contributed by atoms with E-state index in [2.05, 4.69) is 126 Å². The second-order valence-corrected chi connectivity index (χ2v) is 14.6. The molecule has 5 heteroatoms. The number of aromatic nitrogens is 4. The number of benzene rings is 9. The molecule has 4 nitrogen and oxygen atoms in total. The van der Waals surface area contributed by atoms with Crippen molar-refractivity contribution < 1.29 is 0 Å². The average molecular weight is 679 g/mol. The summed E-state index contributed by atoms with van der Waals surface area (Å²) in [4.78, 5) is 15.5. The largest absolute Gasteiger partial charge is 0.278 e. The Balaban J connectivity index is 1.27. The van der Waals surface area contributed by atoms with Crippen molar-refractivity contribution in [1.82, 2.24) is 19.5 Å². The van der Waals surface area contributed by atoms with E-state index in [0.29, 0.717) is 17.6 Å². The standard InChI is InChI=1S/C47H26N4S/c1-3-13-27(14-4-1)45-48-46(28-15-5-2-6-16-28)50-47(49-45)51-37-23-9-7-17-31(37)43-33-21-11-19-29-30-20-12-22-34-42(30)36(35(41(29)33)25-38(43)51)26-40-44(34)32-18-8-10-24-39(32)52-40/h1-26H. The van der Waals surface area contributed by atoms with Gasteiger partial charge in [-0.25, -0.2) is 4.98 Å². The zero-order chi connectivity index (χ0) is 33.9. The highest BCUT2D eigenvalue weighted by molar-refractivity contribution is 7.26. The highest BCUT2D eigenvalue weighted by atomic mass is 32.1. The van der Waals surface area contributed by atoms with Gasteiger partial charge in [0.05, 0.1) is 11.0 Å². The third-order valence-corrected chi connectivity index (χ3v) is 11.9. The van der Waals surface area contributed by atoms with Crippen LogP contribution in [0.4, 0.5) is 0 Å². The fourth-order valence-corrected chi connectivity index (χ4v) is 9.79. The van der Waals surface area contributed by atoms with Crippen molar-refractivity contribution in [1.29, 1.82) is 0 Å². The highest BCUT2D eigenvalue weighted by Gasteiger charge is 2.23. The summed E-state index contributed by atoms with van der Waals surface area (Å²) in [6.07, 6.45) is 0. The van der Waals surface area contributed by atoms with E-state index in [-0.39, 0.29) is 0 Å². The number of hydrogen-bond acceptors (Lipinski definition) is 4. The van der Waals surface area contributed by atoms with Crippen molar-refractivity contribution in [2.75, 3.05) is 0 Å². The van der Waals surface area contributed by atoms with Crippen LogP contribution in [0.1, 0.15) is 0 Å². The molecule has 12 aromatic rings. The van der Waals surface area contributed by atoms with Crippen LogP contribution < -0.4 is 0 Å². The molecule has 3 aromatic heterocycles. The monoisotopic (exact) mass is 678 g/mol. The molecule has 12 rings (SSSR count). The third-order valence-electron chi connectivity index (χ3n) is 10.8. The Kier molecular flexibility index (Phi) is 5.62. The Morgan fingerprint density at radius 2 is 0.885 bits per heavy atom. The van der Waals surface area contributed by atoms with Gasteiger partial charge < -0.3 is 0 Å². The van der Waals surface area contributed by atoms with Gasteiger partial charge in [-0.15, -0.1) is 11.3 Å². The van der Waals surface area contributed by atoms with E-state index in [1.807, 2.05) is 47.7 Å². The molecule has 0 spiro atoms. The molecule has 9 aromatic carbocycles. The quantitative estimate of drug-likeness (QED) is 0.138. The second-order valence-electron chi connectivity index (χ2n) is 13.5. The smallest absolute Gasteiger partial charge is 0.238 e. The van der Waals surface area contributed by atoms with Gasteiger partial charge in [-0.05, 0) is 67.4 Å². The van der Waals surface area contributed by atoms with E-state index in [9.17, 15) is 0 Å². The number of hydrogen-bond donors (Lipinski definition) is 0. The molecule has 0 fully saturated rings. The van der Waals surface area contributed by atoms with Crippen molar-refractivity contribution in [3.05, 3.63) is 158 Å². The molecule has 3 heterocycles. The van der Waals surface area contributed by atoms with Crippen molar-refractivity contribution in [3.8, 4) is 28.7 Å². The minimum absolute atomic E-state index is 0.600. The first-order valence-electron chi connectivity index (χ1n) is 17.5. The normalized spacial score (nSPS) is 12.2. The minimum atomic E-state index is 0.600. The molecule has 240 valence electrons. The number of nitrogens with zero attached hydrogens (tertiary/aromatic N) is 4. The Bertz CT molecular complexity index is 3340. The maximum Gasteiger partial charge on any atom is 0.238 e. The van der Waals surface area contributed by atoms with E-state index in [1.54, 1.807) is 0 Å². The topological polar surface area (TPSA) is 43.6 Å². The third kappa shape index (κ3) is 3.78. The predicted molar refractivity (Wildman–Crippen MR) is 219 cm³/mol. The summed E-state index contributed by atoms with van der Waals surface area (Å²) in [7, 11) is 0. The van der Waals surface area contributed by atoms with Crippen LogP contribution in [0.2, 0.25) is 0 Å². The Morgan fingerprint density at radius 1 is 0.346 bits per heavy atom. The van der Waals surface area contributed by atoms with Crippen molar-refractivity contribution in [2.45, 2.75) is 0 Å². The molecule has 0 N–H and O–H groups in total. The van der Waals surface area contributed by atoms with Crippen LogP contribution in [-0.2, 0) is 0 Å².